The van der Waals surface area contributed by atoms with Gasteiger partial charge in [-0.15, -0.1) is 0 Å². The number of nitro benzene ring substituents is 1. The van der Waals surface area contributed by atoms with Gasteiger partial charge >= 0.3 is 11.7 Å². The summed E-state index contributed by atoms with van der Waals surface area (Å²) in [4.78, 5) is 35.5. The van der Waals surface area contributed by atoms with Crippen LogP contribution in [0.3, 0.4) is 0 Å². The molecule has 1 N–H and O–H groups in total. The van der Waals surface area contributed by atoms with Crippen molar-refractivity contribution < 1.29 is 24.4 Å². The third-order valence-corrected chi connectivity index (χ3v) is 4.59. The molecule has 0 atom stereocenters. The van der Waals surface area contributed by atoms with Crippen molar-refractivity contribution in [2.24, 2.45) is 0 Å². The van der Waals surface area contributed by atoms with Crippen LogP contribution < -0.4 is 0 Å². The van der Waals surface area contributed by atoms with Crippen molar-refractivity contribution in [3.05, 3.63) is 38.8 Å². The van der Waals surface area contributed by atoms with E-state index < -0.39 is 22.3 Å². The number of carbonyl (C=O) groups excluding carboxylic acids is 2. The summed E-state index contributed by atoms with van der Waals surface area (Å²) in [7, 11) is 0. The number of thiocarbonyl (C=S) groups is 1. The van der Waals surface area contributed by atoms with E-state index in [9.17, 15) is 24.8 Å². The fourth-order valence-electron chi connectivity index (χ4n) is 2.06. The highest BCUT2D eigenvalue weighted by Gasteiger charge is 2.32. The molecule has 1 heterocycles. The van der Waals surface area contributed by atoms with Crippen molar-refractivity contribution in [1.29, 1.82) is 0 Å². The molecule has 1 saturated heterocycles. The highest BCUT2D eigenvalue weighted by Crippen LogP contribution is 2.34. The lowest BCUT2D eigenvalue weighted by atomic mass is 10.1. The normalized spacial score (nSPS) is 15.7. The molecule has 1 fully saturated rings. The molecule has 1 aromatic rings. The van der Waals surface area contributed by atoms with Gasteiger partial charge in [-0.3, -0.25) is 24.6 Å². The van der Waals surface area contributed by atoms with E-state index in [0.29, 0.717) is 9.88 Å². The fraction of sp³-hybridized carbons (Fsp3) is 0.267. The first-order chi connectivity index (χ1) is 11.8. The number of thioether (sulfide) groups is 1. The summed E-state index contributed by atoms with van der Waals surface area (Å²) in [6.07, 6.45) is 1.48. The van der Waals surface area contributed by atoms with Gasteiger partial charge in [0.25, 0.3) is 5.91 Å². The van der Waals surface area contributed by atoms with Crippen LogP contribution in [-0.2, 0) is 14.3 Å². The van der Waals surface area contributed by atoms with E-state index in [1.54, 1.807) is 6.92 Å². The van der Waals surface area contributed by atoms with Gasteiger partial charge < -0.3 is 9.84 Å². The minimum absolute atomic E-state index is 0.0260. The van der Waals surface area contributed by atoms with Crippen LogP contribution in [0.4, 0.5) is 5.69 Å². The van der Waals surface area contributed by atoms with Crippen LogP contribution in [0.25, 0.3) is 6.08 Å². The lowest BCUT2D eigenvalue weighted by molar-refractivity contribution is -0.385. The number of esters is 1. The van der Waals surface area contributed by atoms with Crippen molar-refractivity contribution in [2.75, 3.05) is 13.2 Å². The lowest BCUT2D eigenvalue weighted by Crippen LogP contribution is -2.30. The SMILES string of the molecule is CCOC(=O)CCN1C(=O)/C(=C/c2ccc(O)c([N+](=O)[O-])c2)SC1=S. The number of hydrogen-bond acceptors (Lipinski definition) is 8. The van der Waals surface area contributed by atoms with Crippen LogP contribution in [0.5, 0.6) is 5.75 Å². The number of phenols is 1. The maximum Gasteiger partial charge on any atom is 0.311 e. The van der Waals surface area contributed by atoms with Gasteiger partial charge in [-0.25, -0.2) is 0 Å². The Hall–Kier alpha value is -2.46. The Labute approximate surface area is 152 Å². The Morgan fingerprint density at radius 1 is 1.52 bits per heavy atom. The topological polar surface area (TPSA) is 110 Å². The monoisotopic (exact) mass is 382 g/mol. The largest absolute Gasteiger partial charge is 0.502 e. The standard InChI is InChI=1S/C15H14N2O6S2/c1-2-23-13(19)5-6-16-14(20)12(25-15(16)24)8-9-3-4-11(18)10(7-9)17(21)22/h3-4,7-8,18H,2,5-6H2,1H3/b12-8-. The fourth-order valence-corrected chi connectivity index (χ4v) is 3.37. The Kier molecular flexibility index (Phi) is 6.10. The Morgan fingerprint density at radius 2 is 2.24 bits per heavy atom. The number of phenolic OH excluding ortho intramolecular Hbond substituents is 1. The summed E-state index contributed by atoms with van der Waals surface area (Å²) >= 11 is 6.19. The second-order valence-corrected chi connectivity index (χ2v) is 6.57. The molecule has 0 bridgehead atoms. The van der Waals surface area contributed by atoms with E-state index in [4.69, 9.17) is 17.0 Å². The highest BCUT2D eigenvalue weighted by atomic mass is 32.2. The van der Waals surface area contributed by atoms with Crippen molar-refractivity contribution in [3.63, 3.8) is 0 Å². The molecule has 1 aromatic carbocycles. The third kappa shape index (κ3) is 4.54. The third-order valence-electron chi connectivity index (χ3n) is 3.21. The quantitative estimate of drug-likeness (QED) is 0.263. The molecule has 25 heavy (non-hydrogen) atoms. The second kappa shape index (κ2) is 8.08. The maximum atomic E-state index is 12.4. The first-order valence-electron chi connectivity index (χ1n) is 7.22. The smallest absolute Gasteiger partial charge is 0.311 e. The molecule has 132 valence electrons. The molecule has 1 aliphatic heterocycles. The van der Waals surface area contributed by atoms with Gasteiger partial charge in [0.1, 0.15) is 4.32 Å². The average Bonchev–Trinajstić information content (AvgIpc) is 2.81. The Balaban J connectivity index is 2.16. The van der Waals surface area contributed by atoms with Crippen molar-refractivity contribution in [2.45, 2.75) is 13.3 Å². The van der Waals surface area contributed by atoms with Gasteiger partial charge in [0, 0.05) is 12.6 Å². The van der Waals surface area contributed by atoms with E-state index in [1.807, 2.05) is 0 Å². The van der Waals surface area contributed by atoms with Gasteiger partial charge in [-0.05, 0) is 24.6 Å². The minimum atomic E-state index is -0.711. The predicted molar refractivity (Wildman–Crippen MR) is 95.9 cm³/mol. The maximum absolute atomic E-state index is 12.4. The molecule has 0 aromatic heterocycles. The molecular weight excluding hydrogens is 368 g/mol. The molecule has 0 radical (unpaired) electrons. The summed E-state index contributed by atoms with van der Waals surface area (Å²) in [5, 5.41) is 20.3. The van der Waals surface area contributed by atoms with Crippen LogP contribution in [0.1, 0.15) is 18.9 Å². The van der Waals surface area contributed by atoms with Gasteiger partial charge in [0.2, 0.25) is 0 Å². The number of amides is 1. The molecule has 10 heteroatoms. The number of hydrogen-bond donors (Lipinski definition) is 1. The van der Waals surface area contributed by atoms with Crippen LogP contribution in [0, 0.1) is 10.1 Å². The molecule has 2 rings (SSSR count). The summed E-state index contributed by atoms with van der Waals surface area (Å²) in [6, 6.07) is 3.81. The molecule has 0 spiro atoms. The number of nitrogens with zero attached hydrogens (tertiary/aromatic N) is 2. The van der Waals surface area contributed by atoms with Crippen LogP contribution >= 0.6 is 24.0 Å². The predicted octanol–water partition coefficient (Wildman–Crippen LogP) is 2.45. The Bertz CT molecular complexity index is 777. The molecule has 1 aliphatic rings. The zero-order valence-electron chi connectivity index (χ0n) is 13.1. The van der Waals surface area contributed by atoms with Gasteiger partial charge in [0.05, 0.1) is 22.9 Å². The van der Waals surface area contributed by atoms with E-state index in [-0.39, 0.29) is 30.4 Å². The zero-order valence-corrected chi connectivity index (χ0v) is 14.8. The van der Waals surface area contributed by atoms with Crippen molar-refractivity contribution >= 4 is 51.9 Å². The summed E-state index contributed by atoms with van der Waals surface area (Å²) in [5.74, 6) is -1.26. The van der Waals surface area contributed by atoms with Gasteiger partial charge in [-0.1, -0.05) is 30.0 Å². The average molecular weight is 382 g/mol. The number of carbonyl (C=O) groups is 2. The van der Waals surface area contributed by atoms with Crippen LogP contribution in [-0.4, -0.2) is 44.3 Å². The van der Waals surface area contributed by atoms with E-state index in [1.165, 1.54) is 29.2 Å². The van der Waals surface area contributed by atoms with E-state index >= 15 is 0 Å². The number of aromatic hydroxyl groups is 1. The first-order valence-corrected chi connectivity index (χ1v) is 8.44. The zero-order chi connectivity index (χ0) is 18.6. The molecule has 0 aliphatic carbocycles. The number of rotatable bonds is 6. The molecule has 0 saturated carbocycles. The number of nitro groups is 1. The lowest BCUT2D eigenvalue weighted by Gasteiger charge is -2.13. The van der Waals surface area contributed by atoms with Crippen LogP contribution in [0.2, 0.25) is 0 Å². The van der Waals surface area contributed by atoms with Gasteiger partial charge in [-0.2, -0.15) is 0 Å². The first kappa shape index (κ1) is 18.9. The van der Waals surface area contributed by atoms with E-state index in [2.05, 4.69) is 0 Å². The van der Waals surface area contributed by atoms with Crippen LogP contribution in [0.15, 0.2) is 23.1 Å². The molecular formula is C15H14N2O6S2. The molecule has 1 amide bonds. The van der Waals surface area contributed by atoms with Gasteiger partial charge in [0.15, 0.2) is 5.75 Å². The minimum Gasteiger partial charge on any atom is -0.502 e. The molecule has 8 nitrogen and oxygen atoms in total. The summed E-state index contributed by atoms with van der Waals surface area (Å²) in [6.45, 7) is 2.06. The number of ether oxygens (including phenoxy) is 1. The highest BCUT2D eigenvalue weighted by molar-refractivity contribution is 8.26. The van der Waals surface area contributed by atoms with Crippen molar-refractivity contribution in [1.82, 2.24) is 4.90 Å². The number of benzene rings is 1. The Morgan fingerprint density at radius 3 is 2.88 bits per heavy atom. The molecule has 0 unspecified atom stereocenters. The summed E-state index contributed by atoms with van der Waals surface area (Å²) < 4.78 is 5.11. The van der Waals surface area contributed by atoms with E-state index in [0.717, 1.165) is 11.8 Å². The van der Waals surface area contributed by atoms with Crippen molar-refractivity contribution in [3.8, 4) is 5.75 Å². The second-order valence-electron chi connectivity index (χ2n) is 4.89. The summed E-state index contributed by atoms with van der Waals surface area (Å²) in [5.41, 5.74) is -0.0677.